The molecule has 1 fully saturated rings. The molecule has 4 rings (SSSR count). The maximum absolute atomic E-state index is 13.4. The van der Waals surface area contributed by atoms with E-state index < -0.39 is 17.3 Å². The van der Waals surface area contributed by atoms with E-state index in [2.05, 4.69) is 19.9 Å². The molecule has 0 radical (unpaired) electrons. The number of unbranched alkanes of at least 4 members (excludes halogenated alkanes) is 1. The molecule has 0 bridgehead atoms. The Hall–Kier alpha value is -3.05. The molecule has 1 saturated heterocycles. The number of aromatic nitrogens is 4. The van der Waals surface area contributed by atoms with Gasteiger partial charge >= 0.3 is 11.9 Å². The highest BCUT2D eigenvalue weighted by atomic mass is 35.5. The van der Waals surface area contributed by atoms with Crippen LogP contribution in [0.5, 0.6) is 0 Å². The summed E-state index contributed by atoms with van der Waals surface area (Å²) in [6, 6.07) is 8.63. The summed E-state index contributed by atoms with van der Waals surface area (Å²) in [5.74, 6) is 0.149. The van der Waals surface area contributed by atoms with E-state index in [-0.39, 0.29) is 29.7 Å². The van der Waals surface area contributed by atoms with Crippen molar-refractivity contribution >= 4 is 18.2 Å². The lowest BCUT2D eigenvalue weighted by atomic mass is 9.95. The number of hydrogen-bond acceptors (Lipinski definition) is 6. The van der Waals surface area contributed by atoms with Crippen LogP contribution in [0.25, 0.3) is 11.3 Å². The highest BCUT2D eigenvalue weighted by Gasteiger charge is 2.36. The molecule has 12 heteroatoms. The van der Waals surface area contributed by atoms with Crippen LogP contribution in [0.15, 0.2) is 47.4 Å². The molecule has 0 spiro atoms. The molecule has 0 aliphatic carbocycles. The number of halogens is 5. The van der Waals surface area contributed by atoms with Crippen LogP contribution in [0, 0.1) is 5.82 Å². The van der Waals surface area contributed by atoms with E-state index in [1.54, 1.807) is 49.7 Å². The molecule has 3 heterocycles. The lowest BCUT2D eigenvalue weighted by Crippen LogP contribution is -2.47. The smallest absolute Gasteiger partial charge is 0.354 e. The van der Waals surface area contributed by atoms with Gasteiger partial charge in [0.15, 0.2) is 0 Å². The number of piperazine rings is 1. The van der Waals surface area contributed by atoms with Crippen molar-refractivity contribution in [2.45, 2.75) is 51.7 Å². The van der Waals surface area contributed by atoms with E-state index >= 15 is 0 Å². The summed E-state index contributed by atoms with van der Waals surface area (Å²) in [5, 5.41) is 0. The van der Waals surface area contributed by atoms with Gasteiger partial charge in [-0.25, -0.2) is 19.2 Å². The molecule has 0 atom stereocenters. The van der Waals surface area contributed by atoms with Gasteiger partial charge in [-0.1, -0.05) is 20.8 Å². The topological polar surface area (TPSA) is 67.2 Å². The van der Waals surface area contributed by atoms with Gasteiger partial charge < -0.3 is 4.90 Å². The summed E-state index contributed by atoms with van der Waals surface area (Å²) in [7, 11) is 0. The minimum Gasteiger partial charge on any atom is -0.354 e. The van der Waals surface area contributed by atoms with Crippen molar-refractivity contribution in [1.29, 1.82) is 0 Å². The fraction of sp³-hybridized carbons (Fsp3) is 0.481. The molecule has 7 nitrogen and oxygen atoms in total. The summed E-state index contributed by atoms with van der Waals surface area (Å²) in [5.41, 5.74) is -0.675. The third-order valence-corrected chi connectivity index (χ3v) is 6.51. The van der Waals surface area contributed by atoms with Crippen molar-refractivity contribution in [2.24, 2.45) is 0 Å². The molecule has 0 N–H and O–H groups in total. The highest BCUT2D eigenvalue weighted by Crippen LogP contribution is 2.32. The zero-order valence-electron chi connectivity index (χ0n) is 22.2. The molecule has 0 unspecified atom stereocenters. The van der Waals surface area contributed by atoms with Gasteiger partial charge in [-0.3, -0.25) is 9.47 Å². The van der Waals surface area contributed by atoms with Crippen molar-refractivity contribution in [3.63, 3.8) is 0 Å². The number of alkyl halides is 3. The second-order valence-corrected chi connectivity index (χ2v) is 10.5. The molecule has 0 saturated carbocycles. The van der Waals surface area contributed by atoms with E-state index in [4.69, 9.17) is 0 Å². The fourth-order valence-corrected chi connectivity index (χ4v) is 4.28. The summed E-state index contributed by atoms with van der Waals surface area (Å²) in [6.07, 6.45) is -1.17. The Morgan fingerprint density at radius 3 is 2.10 bits per heavy atom. The van der Waals surface area contributed by atoms with Gasteiger partial charge in [0.2, 0.25) is 0 Å². The Labute approximate surface area is 231 Å². The average molecular weight is 569 g/mol. The van der Waals surface area contributed by atoms with Gasteiger partial charge in [-0.15, -0.1) is 12.4 Å². The van der Waals surface area contributed by atoms with E-state index in [9.17, 15) is 22.4 Å². The summed E-state index contributed by atoms with van der Waals surface area (Å²) >= 11 is 0. The maximum Gasteiger partial charge on any atom is 0.433 e. The lowest BCUT2D eigenvalue weighted by molar-refractivity contribution is -0.141. The van der Waals surface area contributed by atoms with Gasteiger partial charge in [0.05, 0.1) is 5.69 Å². The van der Waals surface area contributed by atoms with Crippen LogP contribution < -0.4 is 10.6 Å². The van der Waals surface area contributed by atoms with Crippen molar-refractivity contribution < 1.29 is 17.6 Å². The SMILES string of the molecule is CC(C)(C)c1nc(N2CCN(CCCCn3ccc(-c4ccc(F)cc4)nc3=O)CC2)cc(C(F)(F)F)n1.Cl. The second-order valence-electron chi connectivity index (χ2n) is 10.5. The first-order valence-electron chi connectivity index (χ1n) is 12.7. The molecule has 2 aromatic heterocycles. The zero-order valence-corrected chi connectivity index (χ0v) is 23.0. The quantitative estimate of drug-likeness (QED) is 0.289. The maximum atomic E-state index is 13.4. The number of hydrogen-bond donors (Lipinski definition) is 0. The fourth-order valence-electron chi connectivity index (χ4n) is 4.28. The van der Waals surface area contributed by atoms with Crippen molar-refractivity contribution in [1.82, 2.24) is 24.4 Å². The van der Waals surface area contributed by atoms with Crippen LogP contribution in [0.3, 0.4) is 0 Å². The Kier molecular flexibility index (Phi) is 9.71. The zero-order chi connectivity index (χ0) is 27.5. The monoisotopic (exact) mass is 568 g/mol. The first-order chi connectivity index (χ1) is 17.9. The third-order valence-electron chi connectivity index (χ3n) is 6.51. The van der Waals surface area contributed by atoms with Gasteiger partial charge in [-0.05, 0) is 49.7 Å². The summed E-state index contributed by atoms with van der Waals surface area (Å²) in [4.78, 5) is 28.9. The molecular weight excluding hydrogens is 536 g/mol. The lowest BCUT2D eigenvalue weighted by Gasteiger charge is -2.36. The van der Waals surface area contributed by atoms with Crippen molar-refractivity contribution in [3.8, 4) is 11.3 Å². The molecule has 1 aromatic carbocycles. The van der Waals surface area contributed by atoms with Crippen LogP contribution in [-0.4, -0.2) is 57.1 Å². The summed E-state index contributed by atoms with van der Waals surface area (Å²) in [6.45, 7) is 9.34. The normalized spacial score (nSPS) is 14.8. The van der Waals surface area contributed by atoms with Crippen LogP contribution in [-0.2, 0) is 18.1 Å². The Balaban J connectivity index is 0.00000420. The predicted molar refractivity (Wildman–Crippen MR) is 145 cm³/mol. The highest BCUT2D eigenvalue weighted by molar-refractivity contribution is 5.85. The largest absolute Gasteiger partial charge is 0.433 e. The average Bonchev–Trinajstić information content (AvgIpc) is 2.87. The Morgan fingerprint density at radius 1 is 0.872 bits per heavy atom. The standard InChI is InChI=1S/C27H32F4N6O.ClH/c1-26(2,3)24-33-22(27(29,30)31)18-23(34-24)36-16-14-35(15-17-36)11-4-5-12-37-13-10-21(32-25(37)38)19-6-8-20(28)9-7-19;/h6-10,13,18H,4-5,11-12,14-17H2,1-3H3;1H. The molecule has 3 aromatic rings. The molecular formula is C27H33ClF4N6O. The number of aryl methyl sites for hydroxylation is 1. The first kappa shape index (κ1) is 30.5. The minimum absolute atomic E-state index is 0. The van der Waals surface area contributed by atoms with Crippen LogP contribution in [0.1, 0.15) is 45.1 Å². The predicted octanol–water partition coefficient (Wildman–Crippen LogP) is 5.18. The van der Waals surface area contributed by atoms with E-state index in [1.807, 2.05) is 4.90 Å². The van der Waals surface area contributed by atoms with E-state index in [0.717, 1.165) is 25.5 Å². The number of benzene rings is 1. The van der Waals surface area contributed by atoms with Crippen molar-refractivity contribution in [3.05, 3.63) is 70.4 Å². The molecule has 212 valence electrons. The summed E-state index contributed by atoms with van der Waals surface area (Å²) < 4.78 is 55.0. The van der Waals surface area contributed by atoms with Crippen LogP contribution in [0.2, 0.25) is 0 Å². The van der Waals surface area contributed by atoms with Crippen molar-refractivity contribution in [2.75, 3.05) is 37.6 Å². The van der Waals surface area contributed by atoms with Crippen LogP contribution in [0.4, 0.5) is 23.4 Å². The minimum atomic E-state index is -4.53. The van der Waals surface area contributed by atoms with E-state index in [1.165, 1.54) is 12.1 Å². The van der Waals surface area contributed by atoms with Gasteiger partial charge in [-0.2, -0.15) is 18.2 Å². The first-order valence-corrected chi connectivity index (χ1v) is 12.7. The Bertz CT molecular complexity index is 1270. The van der Waals surface area contributed by atoms with Gasteiger partial charge in [0.1, 0.15) is 23.2 Å². The molecule has 0 amide bonds. The molecule has 1 aliphatic rings. The Morgan fingerprint density at radius 2 is 1.51 bits per heavy atom. The second kappa shape index (κ2) is 12.4. The number of rotatable bonds is 7. The van der Waals surface area contributed by atoms with Gasteiger partial charge in [0.25, 0.3) is 0 Å². The van der Waals surface area contributed by atoms with Gasteiger partial charge in [0, 0.05) is 56.0 Å². The number of anilines is 1. The van der Waals surface area contributed by atoms with Crippen LogP contribution >= 0.6 is 12.4 Å². The van der Waals surface area contributed by atoms with E-state index in [0.29, 0.717) is 49.8 Å². The molecule has 39 heavy (non-hydrogen) atoms. The third kappa shape index (κ3) is 7.98. The molecule has 1 aliphatic heterocycles. The number of nitrogens with zero attached hydrogens (tertiary/aromatic N) is 6.